The summed E-state index contributed by atoms with van der Waals surface area (Å²) in [5.41, 5.74) is 1.60. The van der Waals surface area contributed by atoms with E-state index in [1.807, 2.05) is 48.5 Å². The highest BCUT2D eigenvalue weighted by atomic mass is 35.5. The molecule has 0 N–H and O–H groups in total. The fourth-order valence-electron chi connectivity index (χ4n) is 1.31. The van der Waals surface area contributed by atoms with Crippen molar-refractivity contribution in [3.05, 3.63) is 69.7 Å². The molecule has 3 heteroatoms. The summed E-state index contributed by atoms with van der Waals surface area (Å²) in [6.07, 6.45) is 0. The normalized spacial score (nSPS) is 8.95. The minimum atomic E-state index is 0.648. The summed E-state index contributed by atoms with van der Waals surface area (Å²) in [4.78, 5) is 0. The molecule has 2 rings (SSSR count). The second-order valence-corrected chi connectivity index (χ2v) is 4.94. The fourth-order valence-corrected chi connectivity index (χ4v) is 2.05. The van der Waals surface area contributed by atoms with Gasteiger partial charge in [-0.15, -0.1) is 0 Å². The number of rotatable bonds is 0. The van der Waals surface area contributed by atoms with Crippen LogP contribution in [0.3, 0.4) is 0 Å². The maximum atomic E-state index is 5.99. The smallest absolute Gasteiger partial charge is 0.0562 e. The minimum Gasteiger partial charge on any atom is -0.0830 e. The van der Waals surface area contributed by atoms with Crippen LogP contribution in [0.5, 0.6) is 0 Å². The highest BCUT2D eigenvalue weighted by Crippen LogP contribution is 2.15. The van der Waals surface area contributed by atoms with Gasteiger partial charge in [0.25, 0.3) is 0 Å². The molecule has 0 saturated carbocycles. The zero-order chi connectivity index (χ0) is 13.5. The van der Waals surface area contributed by atoms with Crippen molar-refractivity contribution >= 4 is 35.0 Å². The second-order valence-electron chi connectivity index (χ2n) is 3.52. The van der Waals surface area contributed by atoms with Crippen molar-refractivity contribution in [2.75, 3.05) is 0 Å². The first-order chi connectivity index (χ1) is 9.27. The number of thioether (sulfide) groups is 1. The summed E-state index contributed by atoms with van der Waals surface area (Å²) >= 11 is 13.2. The van der Waals surface area contributed by atoms with Crippen LogP contribution in [-0.2, 0) is 0 Å². The molecule has 0 bridgehead atoms. The van der Waals surface area contributed by atoms with Gasteiger partial charge in [0.15, 0.2) is 0 Å². The second kappa shape index (κ2) is 7.17. The molecule has 0 aliphatic heterocycles. The summed E-state index contributed by atoms with van der Waals surface area (Å²) in [7, 11) is 0. The monoisotopic (exact) mass is 302 g/mol. The molecule has 19 heavy (non-hydrogen) atoms. The molecule has 0 saturated heterocycles. The third kappa shape index (κ3) is 4.27. The third-order valence-electron chi connectivity index (χ3n) is 2.22. The van der Waals surface area contributed by atoms with Gasteiger partial charge >= 0.3 is 0 Å². The van der Waals surface area contributed by atoms with E-state index in [2.05, 4.69) is 22.3 Å². The van der Waals surface area contributed by atoms with Crippen LogP contribution in [0.2, 0.25) is 10.0 Å². The Labute approximate surface area is 127 Å². The van der Waals surface area contributed by atoms with E-state index in [-0.39, 0.29) is 0 Å². The van der Waals surface area contributed by atoms with Gasteiger partial charge in [0, 0.05) is 22.9 Å². The van der Waals surface area contributed by atoms with Gasteiger partial charge in [0.05, 0.1) is 10.0 Å². The number of halogens is 2. The Morgan fingerprint density at radius 2 is 1.11 bits per heavy atom. The summed E-state index contributed by atoms with van der Waals surface area (Å²) < 4.78 is 0. The molecular weight excluding hydrogens is 295 g/mol. The van der Waals surface area contributed by atoms with Crippen molar-refractivity contribution in [1.82, 2.24) is 0 Å². The molecule has 0 aromatic heterocycles. The van der Waals surface area contributed by atoms with E-state index in [9.17, 15) is 0 Å². The van der Waals surface area contributed by atoms with Crippen molar-refractivity contribution in [2.24, 2.45) is 0 Å². The molecule has 0 nitrogen and oxygen atoms in total. The average molecular weight is 303 g/mol. The molecule has 0 amide bonds. The lowest BCUT2D eigenvalue weighted by Crippen LogP contribution is -1.74. The van der Waals surface area contributed by atoms with Gasteiger partial charge in [-0.1, -0.05) is 59.3 Å². The number of benzene rings is 2. The molecule has 0 atom stereocenters. The first-order valence-electron chi connectivity index (χ1n) is 5.44. The Balaban J connectivity index is 2.03. The minimum absolute atomic E-state index is 0.648. The van der Waals surface area contributed by atoms with Gasteiger partial charge in [0.2, 0.25) is 0 Å². The third-order valence-corrected chi connectivity index (χ3v) is 3.29. The predicted octanol–water partition coefficient (Wildman–Crippen LogP) is 5.04. The van der Waals surface area contributed by atoms with Crippen LogP contribution in [0.25, 0.3) is 0 Å². The largest absolute Gasteiger partial charge is 0.0830 e. The fraction of sp³-hybridized carbons (Fsp3) is 0. The highest BCUT2D eigenvalue weighted by molar-refractivity contribution is 8.08. The van der Waals surface area contributed by atoms with Crippen LogP contribution in [0, 0.1) is 22.3 Å². The van der Waals surface area contributed by atoms with Crippen LogP contribution in [0.15, 0.2) is 48.5 Å². The molecule has 0 unspecified atom stereocenters. The summed E-state index contributed by atoms with van der Waals surface area (Å²) in [6, 6.07) is 14.9. The van der Waals surface area contributed by atoms with Crippen LogP contribution >= 0.6 is 35.0 Å². The van der Waals surface area contributed by atoms with E-state index in [0.717, 1.165) is 11.1 Å². The SMILES string of the molecule is Clc1ccccc1C#CSC#Cc1ccccc1Cl. The van der Waals surface area contributed by atoms with Crippen molar-refractivity contribution in [3.63, 3.8) is 0 Å². The molecule has 0 fully saturated rings. The van der Waals surface area contributed by atoms with Gasteiger partial charge < -0.3 is 0 Å². The molecule has 2 aromatic carbocycles. The van der Waals surface area contributed by atoms with Crippen molar-refractivity contribution in [1.29, 1.82) is 0 Å². The predicted molar refractivity (Wildman–Crippen MR) is 84.3 cm³/mol. The first kappa shape index (κ1) is 13.9. The van der Waals surface area contributed by atoms with Crippen molar-refractivity contribution in [3.8, 4) is 22.3 Å². The Kier molecular flexibility index (Phi) is 5.25. The molecule has 0 radical (unpaired) electrons. The summed E-state index contributed by atoms with van der Waals surface area (Å²) in [5.74, 6) is 5.92. The zero-order valence-corrected chi connectivity index (χ0v) is 12.1. The lowest BCUT2D eigenvalue weighted by molar-refractivity contribution is 1.65. The zero-order valence-electron chi connectivity index (χ0n) is 9.78. The van der Waals surface area contributed by atoms with Crippen LogP contribution < -0.4 is 0 Å². The molecule has 2 aromatic rings. The van der Waals surface area contributed by atoms with E-state index in [1.165, 1.54) is 11.8 Å². The Hall–Kier alpha value is -1.51. The van der Waals surface area contributed by atoms with Gasteiger partial charge in [-0.05, 0) is 34.8 Å². The first-order valence-corrected chi connectivity index (χ1v) is 7.01. The standard InChI is InChI=1S/C16H8Cl2S/c17-15-7-3-1-5-13(15)9-11-19-12-10-14-6-2-4-8-16(14)18/h1-8H. The van der Waals surface area contributed by atoms with Gasteiger partial charge in [-0.25, -0.2) is 0 Å². The van der Waals surface area contributed by atoms with Crippen LogP contribution in [-0.4, -0.2) is 0 Å². The molecular formula is C16H8Cl2S. The Morgan fingerprint density at radius 3 is 1.53 bits per heavy atom. The van der Waals surface area contributed by atoms with E-state index in [0.29, 0.717) is 10.0 Å². The Morgan fingerprint density at radius 1 is 0.684 bits per heavy atom. The van der Waals surface area contributed by atoms with Crippen molar-refractivity contribution in [2.45, 2.75) is 0 Å². The molecule has 92 valence electrons. The van der Waals surface area contributed by atoms with Crippen LogP contribution in [0.1, 0.15) is 11.1 Å². The maximum absolute atomic E-state index is 5.99. The van der Waals surface area contributed by atoms with Gasteiger partial charge in [0.1, 0.15) is 0 Å². The lowest BCUT2D eigenvalue weighted by atomic mass is 10.2. The summed E-state index contributed by atoms with van der Waals surface area (Å²) in [5, 5.41) is 7.09. The van der Waals surface area contributed by atoms with Gasteiger partial charge in [-0.3, -0.25) is 0 Å². The number of hydrogen-bond acceptors (Lipinski definition) is 1. The van der Waals surface area contributed by atoms with E-state index in [1.54, 1.807) is 0 Å². The van der Waals surface area contributed by atoms with E-state index in [4.69, 9.17) is 23.2 Å². The van der Waals surface area contributed by atoms with Crippen LogP contribution in [0.4, 0.5) is 0 Å². The molecule has 0 aliphatic rings. The summed E-state index contributed by atoms with van der Waals surface area (Å²) in [6.45, 7) is 0. The van der Waals surface area contributed by atoms with E-state index < -0.39 is 0 Å². The average Bonchev–Trinajstić information content (AvgIpc) is 2.42. The maximum Gasteiger partial charge on any atom is 0.0562 e. The molecule has 0 spiro atoms. The highest BCUT2D eigenvalue weighted by Gasteiger charge is 1.93. The van der Waals surface area contributed by atoms with Crippen molar-refractivity contribution < 1.29 is 0 Å². The lowest BCUT2D eigenvalue weighted by Gasteiger charge is -1.92. The van der Waals surface area contributed by atoms with Gasteiger partial charge in [-0.2, -0.15) is 0 Å². The molecule has 0 aliphatic carbocycles. The van der Waals surface area contributed by atoms with E-state index >= 15 is 0 Å². The number of hydrogen-bond donors (Lipinski definition) is 0. The quantitative estimate of drug-likeness (QED) is 0.614. The topological polar surface area (TPSA) is 0 Å². The Bertz CT molecular complexity index is 638. The molecule has 0 heterocycles.